The van der Waals surface area contributed by atoms with Gasteiger partial charge in [0, 0.05) is 32.9 Å². The molecule has 0 spiro atoms. The Labute approximate surface area is 86.5 Å². The summed E-state index contributed by atoms with van der Waals surface area (Å²) in [6, 6.07) is 0. The molecule has 0 aromatic heterocycles. The second kappa shape index (κ2) is 7.54. The van der Waals surface area contributed by atoms with Crippen molar-refractivity contribution in [2.45, 2.75) is 46.0 Å². The topological polar surface area (TPSA) is 37.4 Å². The lowest BCUT2D eigenvalue weighted by molar-refractivity contribution is -0.130. The first-order chi connectivity index (χ1) is 6.61. The van der Waals surface area contributed by atoms with E-state index in [1.165, 1.54) is 0 Å². The average molecular weight is 199 g/mol. The van der Waals surface area contributed by atoms with Gasteiger partial charge in [-0.25, -0.2) is 0 Å². The molecule has 0 aliphatic carbocycles. The van der Waals surface area contributed by atoms with Gasteiger partial charge in [-0.05, 0) is 12.8 Å². The van der Waals surface area contributed by atoms with E-state index < -0.39 is 0 Å². The third kappa shape index (κ3) is 5.73. The van der Waals surface area contributed by atoms with Gasteiger partial charge in [-0.2, -0.15) is 0 Å². The molecule has 0 saturated heterocycles. The summed E-state index contributed by atoms with van der Waals surface area (Å²) in [4.78, 5) is 24.1. The Hall–Kier alpha value is -0.860. The zero-order chi connectivity index (χ0) is 11.0. The summed E-state index contributed by atoms with van der Waals surface area (Å²) >= 11 is 0. The van der Waals surface area contributed by atoms with Crippen LogP contribution in [-0.4, -0.2) is 30.2 Å². The van der Waals surface area contributed by atoms with Crippen molar-refractivity contribution in [2.24, 2.45) is 0 Å². The standard InChI is InChI=1S/C11H21NO2/c1-4-9-12(3)11(14)8-6-7-10(13)5-2/h4-9H2,1-3H3. The summed E-state index contributed by atoms with van der Waals surface area (Å²) in [6.07, 6.45) is 3.30. The highest BCUT2D eigenvalue weighted by Gasteiger charge is 2.07. The maximum absolute atomic E-state index is 11.4. The van der Waals surface area contributed by atoms with Gasteiger partial charge in [0.2, 0.25) is 5.91 Å². The van der Waals surface area contributed by atoms with Crippen molar-refractivity contribution < 1.29 is 9.59 Å². The maximum Gasteiger partial charge on any atom is 0.222 e. The van der Waals surface area contributed by atoms with Crippen LogP contribution in [0.15, 0.2) is 0 Å². The van der Waals surface area contributed by atoms with Gasteiger partial charge < -0.3 is 4.90 Å². The number of nitrogens with zero attached hydrogens (tertiary/aromatic N) is 1. The quantitative estimate of drug-likeness (QED) is 0.629. The van der Waals surface area contributed by atoms with Gasteiger partial charge in [-0.15, -0.1) is 0 Å². The number of carbonyl (C=O) groups excluding carboxylic acids is 2. The minimum atomic E-state index is 0.149. The first-order valence-electron chi connectivity index (χ1n) is 5.37. The lowest BCUT2D eigenvalue weighted by Crippen LogP contribution is -2.27. The van der Waals surface area contributed by atoms with Crippen molar-refractivity contribution in [2.75, 3.05) is 13.6 Å². The molecule has 0 aliphatic heterocycles. The molecule has 0 atom stereocenters. The lowest BCUT2D eigenvalue weighted by Gasteiger charge is -2.15. The largest absolute Gasteiger partial charge is 0.346 e. The molecule has 0 heterocycles. The molecular weight excluding hydrogens is 178 g/mol. The number of hydrogen-bond donors (Lipinski definition) is 0. The third-order valence-electron chi connectivity index (χ3n) is 2.23. The van der Waals surface area contributed by atoms with Crippen LogP contribution >= 0.6 is 0 Å². The fourth-order valence-corrected chi connectivity index (χ4v) is 1.26. The van der Waals surface area contributed by atoms with Gasteiger partial charge in [0.15, 0.2) is 0 Å². The van der Waals surface area contributed by atoms with Crippen LogP contribution in [0.25, 0.3) is 0 Å². The Morgan fingerprint density at radius 1 is 1.14 bits per heavy atom. The molecule has 0 bridgehead atoms. The first kappa shape index (κ1) is 13.1. The SMILES string of the molecule is CCCN(C)C(=O)CCCC(=O)CC. The third-order valence-corrected chi connectivity index (χ3v) is 2.23. The molecule has 1 amide bonds. The van der Waals surface area contributed by atoms with Gasteiger partial charge in [-0.3, -0.25) is 9.59 Å². The van der Waals surface area contributed by atoms with Crippen LogP contribution in [0.1, 0.15) is 46.0 Å². The van der Waals surface area contributed by atoms with Crippen LogP contribution in [0, 0.1) is 0 Å². The highest BCUT2D eigenvalue weighted by Crippen LogP contribution is 2.02. The molecule has 0 radical (unpaired) electrons. The monoisotopic (exact) mass is 199 g/mol. The van der Waals surface area contributed by atoms with Crippen LogP contribution in [-0.2, 0) is 9.59 Å². The molecule has 0 aromatic carbocycles. The van der Waals surface area contributed by atoms with E-state index in [0.717, 1.165) is 13.0 Å². The van der Waals surface area contributed by atoms with Crippen molar-refractivity contribution in [1.29, 1.82) is 0 Å². The van der Waals surface area contributed by atoms with Crippen molar-refractivity contribution in [1.82, 2.24) is 4.90 Å². The smallest absolute Gasteiger partial charge is 0.222 e. The highest BCUT2D eigenvalue weighted by atomic mass is 16.2. The summed E-state index contributed by atoms with van der Waals surface area (Å²) < 4.78 is 0. The number of rotatable bonds is 7. The zero-order valence-corrected chi connectivity index (χ0v) is 9.51. The molecular formula is C11H21NO2. The molecule has 0 aliphatic rings. The number of amides is 1. The summed E-state index contributed by atoms with van der Waals surface area (Å²) in [7, 11) is 1.81. The van der Waals surface area contributed by atoms with E-state index in [1.54, 1.807) is 4.90 Å². The maximum atomic E-state index is 11.4. The van der Waals surface area contributed by atoms with E-state index in [1.807, 2.05) is 20.9 Å². The number of hydrogen-bond acceptors (Lipinski definition) is 2. The molecule has 0 rings (SSSR count). The molecule has 0 N–H and O–H groups in total. The zero-order valence-electron chi connectivity index (χ0n) is 9.51. The molecule has 14 heavy (non-hydrogen) atoms. The number of Topliss-reactive ketones (excluding diaryl/α,β-unsaturated/α-hetero) is 1. The van der Waals surface area contributed by atoms with Gasteiger partial charge in [0.1, 0.15) is 5.78 Å². The summed E-state index contributed by atoms with van der Waals surface area (Å²) in [6.45, 7) is 4.71. The minimum absolute atomic E-state index is 0.149. The van der Waals surface area contributed by atoms with Crippen LogP contribution in [0.2, 0.25) is 0 Å². The molecule has 82 valence electrons. The molecule has 0 unspecified atom stereocenters. The molecule has 0 aromatic rings. The van der Waals surface area contributed by atoms with Crippen molar-refractivity contribution in [3.8, 4) is 0 Å². The van der Waals surface area contributed by atoms with Crippen molar-refractivity contribution in [3.05, 3.63) is 0 Å². The van der Waals surface area contributed by atoms with Crippen molar-refractivity contribution in [3.63, 3.8) is 0 Å². The van der Waals surface area contributed by atoms with E-state index in [0.29, 0.717) is 25.7 Å². The summed E-state index contributed by atoms with van der Waals surface area (Å²) in [5.41, 5.74) is 0. The first-order valence-corrected chi connectivity index (χ1v) is 5.37. The average Bonchev–Trinajstić information content (AvgIpc) is 2.17. The summed E-state index contributed by atoms with van der Waals surface area (Å²) in [5, 5.41) is 0. The number of carbonyl (C=O) groups is 2. The lowest BCUT2D eigenvalue weighted by atomic mass is 10.1. The van der Waals surface area contributed by atoms with E-state index >= 15 is 0 Å². The van der Waals surface area contributed by atoms with Gasteiger partial charge >= 0.3 is 0 Å². The normalized spacial score (nSPS) is 9.93. The van der Waals surface area contributed by atoms with Gasteiger partial charge in [0.25, 0.3) is 0 Å². The second-order valence-electron chi connectivity index (χ2n) is 3.56. The fraction of sp³-hybridized carbons (Fsp3) is 0.818. The van der Waals surface area contributed by atoms with Crippen LogP contribution in [0.4, 0.5) is 0 Å². The Morgan fingerprint density at radius 2 is 1.79 bits per heavy atom. The summed E-state index contributed by atoms with van der Waals surface area (Å²) in [5.74, 6) is 0.395. The Morgan fingerprint density at radius 3 is 2.29 bits per heavy atom. The van der Waals surface area contributed by atoms with Crippen LogP contribution in [0.3, 0.4) is 0 Å². The van der Waals surface area contributed by atoms with Gasteiger partial charge in [0.05, 0.1) is 0 Å². The second-order valence-corrected chi connectivity index (χ2v) is 3.56. The Bertz CT molecular complexity index is 190. The van der Waals surface area contributed by atoms with E-state index in [-0.39, 0.29) is 11.7 Å². The fourth-order valence-electron chi connectivity index (χ4n) is 1.26. The van der Waals surface area contributed by atoms with E-state index in [9.17, 15) is 9.59 Å². The van der Waals surface area contributed by atoms with Crippen LogP contribution in [0.5, 0.6) is 0 Å². The predicted molar refractivity (Wildman–Crippen MR) is 57.1 cm³/mol. The van der Waals surface area contributed by atoms with E-state index in [4.69, 9.17) is 0 Å². The molecule has 3 heteroatoms. The molecule has 3 nitrogen and oxygen atoms in total. The minimum Gasteiger partial charge on any atom is -0.346 e. The van der Waals surface area contributed by atoms with Gasteiger partial charge in [-0.1, -0.05) is 13.8 Å². The Kier molecular flexibility index (Phi) is 7.07. The number of ketones is 1. The van der Waals surface area contributed by atoms with Crippen LogP contribution < -0.4 is 0 Å². The Balaban J connectivity index is 3.58. The molecule has 0 fully saturated rings. The van der Waals surface area contributed by atoms with E-state index in [2.05, 4.69) is 0 Å². The highest BCUT2D eigenvalue weighted by molar-refractivity contribution is 5.79. The van der Waals surface area contributed by atoms with Crippen molar-refractivity contribution >= 4 is 11.7 Å². The predicted octanol–water partition coefficient (Wildman–Crippen LogP) is 2.00. The molecule has 0 saturated carbocycles.